The number of benzene rings is 2. The fraction of sp³-hybridized carbons (Fsp3) is 0. The summed E-state index contributed by atoms with van der Waals surface area (Å²) in [5.41, 5.74) is 5.74. The maximum absolute atomic E-state index is 11.6. The molecule has 0 saturated heterocycles. The van der Waals surface area contributed by atoms with Crippen molar-refractivity contribution in [1.29, 1.82) is 0 Å². The third-order valence-electron chi connectivity index (χ3n) is 2.91. The molecule has 6 heteroatoms. The SMILES string of the molecule is NNc1ccc(-c2ccc3cc2NS3(=O)=O)cc1. The van der Waals surface area contributed by atoms with Crippen molar-refractivity contribution in [3.8, 4) is 11.1 Å². The summed E-state index contributed by atoms with van der Waals surface area (Å²) in [5, 5.41) is 0. The lowest BCUT2D eigenvalue weighted by atomic mass is 10.0. The summed E-state index contributed by atoms with van der Waals surface area (Å²) >= 11 is 0. The van der Waals surface area contributed by atoms with Crippen LogP contribution in [0.2, 0.25) is 0 Å². The zero-order valence-corrected chi connectivity index (χ0v) is 10.2. The van der Waals surface area contributed by atoms with Gasteiger partial charge in [0.25, 0.3) is 10.0 Å². The van der Waals surface area contributed by atoms with Crippen LogP contribution in [0, 0.1) is 0 Å². The van der Waals surface area contributed by atoms with Crippen LogP contribution in [0.1, 0.15) is 0 Å². The second-order valence-corrected chi connectivity index (χ2v) is 5.72. The molecular weight excluding hydrogens is 250 g/mol. The molecule has 0 radical (unpaired) electrons. The van der Waals surface area contributed by atoms with Gasteiger partial charge in [0.2, 0.25) is 0 Å². The lowest BCUT2D eigenvalue weighted by molar-refractivity contribution is 0.603. The van der Waals surface area contributed by atoms with Crippen molar-refractivity contribution in [2.75, 3.05) is 10.1 Å². The molecule has 5 nitrogen and oxygen atoms in total. The number of anilines is 2. The second-order valence-electron chi connectivity index (χ2n) is 4.03. The molecule has 4 N–H and O–H groups in total. The Morgan fingerprint density at radius 3 is 2.44 bits per heavy atom. The zero-order chi connectivity index (χ0) is 12.8. The molecule has 3 rings (SSSR count). The minimum absolute atomic E-state index is 0.307. The van der Waals surface area contributed by atoms with E-state index in [9.17, 15) is 8.42 Å². The molecule has 0 spiro atoms. The molecule has 1 aliphatic heterocycles. The number of hydrogen-bond donors (Lipinski definition) is 3. The molecule has 0 amide bonds. The lowest BCUT2D eigenvalue weighted by Gasteiger charge is -2.06. The van der Waals surface area contributed by atoms with Gasteiger partial charge in [-0.05, 0) is 29.8 Å². The maximum Gasteiger partial charge on any atom is 0.261 e. The van der Waals surface area contributed by atoms with E-state index in [4.69, 9.17) is 5.84 Å². The van der Waals surface area contributed by atoms with Crippen LogP contribution in [-0.4, -0.2) is 8.42 Å². The van der Waals surface area contributed by atoms with Crippen molar-refractivity contribution in [3.05, 3.63) is 42.5 Å². The van der Waals surface area contributed by atoms with Gasteiger partial charge < -0.3 is 5.43 Å². The molecule has 1 aliphatic rings. The van der Waals surface area contributed by atoms with Gasteiger partial charge in [-0.25, -0.2) is 8.42 Å². The molecule has 0 fully saturated rings. The second kappa shape index (κ2) is 3.72. The number of nitrogen functional groups attached to an aromatic ring is 1. The van der Waals surface area contributed by atoms with Gasteiger partial charge in [0.05, 0.1) is 10.6 Å². The maximum atomic E-state index is 11.6. The van der Waals surface area contributed by atoms with Crippen LogP contribution in [0.3, 0.4) is 0 Å². The molecule has 2 bridgehead atoms. The molecule has 0 atom stereocenters. The largest absolute Gasteiger partial charge is 0.324 e. The highest BCUT2D eigenvalue weighted by Crippen LogP contribution is 2.36. The minimum atomic E-state index is -3.34. The first kappa shape index (κ1) is 11.1. The van der Waals surface area contributed by atoms with Crippen molar-refractivity contribution < 1.29 is 8.42 Å². The van der Waals surface area contributed by atoms with Crippen LogP contribution >= 0.6 is 0 Å². The number of fused-ring (bicyclic) bond motifs is 2. The van der Waals surface area contributed by atoms with Crippen LogP contribution in [0.4, 0.5) is 11.4 Å². The fourth-order valence-corrected chi connectivity index (χ4v) is 3.07. The van der Waals surface area contributed by atoms with Crippen LogP contribution in [0.15, 0.2) is 47.4 Å². The van der Waals surface area contributed by atoms with E-state index in [1.165, 1.54) is 0 Å². The average molecular weight is 261 g/mol. The third-order valence-corrected chi connectivity index (χ3v) is 4.27. The highest BCUT2D eigenvalue weighted by atomic mass is 32.2. The van der Waals surface area contributed by atoms with E-state index in [1.807, 2.05) is 24.3 Å². The molecule has 0 saturated carbocycles. The third kappa shape index (κ3) is 1.62. The van der Waals surface area contributed by atoms with Crippen molar-refractivity contribution in [3.63, 3.8) is 0 Å². The molecular formula is C12H11N3O2S. The van der Waals surface area contributed by atoms with Gasteiger partial charge in [-0.2, -0.15) is 0 Å². The topological polar surface area (TPSA) is 84.2 Å². The first-order chi connectivity index (χ1) is 8.60. The van der Waals surface area contributed by atoms with Crippen molar-refractivity contribution in [1.82, 2.24) is 0 Å². The standard InChI is InChI=1S/C12H11N3O2S/c13-14-9-3-1-8(2-4-9)11-6-5-10-7-12(11)15-18(10,16)17/h1-7,14-15H,13H2. The van der Waals surface area contributed by atoms with Gasteiger partial charge >= 0.3 is 0 Å². The Bertz CT molecular complexity index is 709. The molecule has 0 aromatic heterocycles. The summed E-state index contributed by atoms with van der Waals surface area (Å²) in [5.74, 6) is 5.30. The van der Waals surface area contributed by atoms with Gasteiger partial charge in [0, 0.05) is 11.3 Å². The minimum Gasteiger partial charge on any atom is -0.324 e. The monoisotopic (exact) mass is 261 g/mol. The Kier molecular flexibility index (Phi) is 2.29. The van der Waals surface area contributed by atoms with Crippen LogP contribution in [0.5, 0.6) is 0 Å². The first-order valence-corrected chi connectivity index (χ1v) is 6.82. The van der Waals surface area contributed by atoms with E-state index in [1.54, 1.807) is 18.2 Å². The van der Waals surface area contributed by atoms with E-state index in [0.717, 1.165) is 16.8 Å². The number of hydrogen-bond acceptors (Lipinski definition) is 4. The molecule has 0 aliphatic carbocycles. The summed E-state index contributed by atoms with van der Waals surface area (Å²) in [6, 6.07) is 12.5. The summed E-state index contributed by atoms with van der Waals surface area (Å²) in [6.45, 7) is 0. The van der Waals surface area contributed by atoms with E-state index < -0.39 is 10.0 Å². The molecule has 2 aromatic carbocycles. The average Bonchev–Trinajstić information content (AvgIpc) is 2.60. The number of rotatable bonds is 2. The normalized spacial score (nSPS) is 15.2. The molecule has 92 valence electrons. The highest BCUT2D eigenvalue weighted by Gasteiger charge is 2.24. The van der Waals surface area contributed by atoms with E-state index in [2.05, 4.69) is 10.1 Å². The van der Waals surface area contributed by atoms with E-state index in [-0.39, 0.29) is 0 Å². The predicted molar refractivity (Wildman–Crippen MR) is 70.5 cm³/mol. The number of nitrogens with two attached hydrogens (primary N) is 1. The van der Waals surface area contributed by atoms with Gasteiger partial charge in [0.15, 0.2) is 0 Å². The Balaban J connectivity index is 2.07. The molecule has 0 unspecified atom stereocenters. The summed E-state index contributed by atoms with van der Waals surface area (Å²) < 4.78 is 25.8. The highest BCUT2D eigenvalue weighted by molar-refractivity contribution is 7.93. The Labute approximate surface area is 105 Å². The zero-order valence-electron chi connectivity index (χ0n) is 9.34. The Morgan fingerprint density at radius 2 is 1.78 bits per heavy atom. The van der Waals surface area contributed by atoms with Crippen molar-refractivity contribution in [2.45, 2.75) is 4.90 Å². The lowest BCUT2D eigenvalue weighted by Crippen LogP contribution is -2.06. The number of hydrazine groups is 1. The van der Waals surface area contributed by atoms with Gasteiger partial charge in [-0.3, -0.25) is 10.6 Å². The fourth-order valence-electron chi connectivity index (χ4n) is 1.98. The van der Waals surface area contributed by atoms with Crippen molar-refractivity contribution >= 4 is 21.4 Å². The molecule has 18 heavy (non-hydrogen) atoms. The summed E-state index contributed by atoms with van der Waals surface area (Å²) in [4.78, 5) is 0.307. The molecule has 2 aromatic rings. The smallest absolute Gasteiger partial charge is 0.261 e. The van der Waals surface area contributed by atoms with Gasteiger partial charge in [-0.1, -0.05) is 18.2 Å². The van der Waals surface area contributed by atoms with Crippen LogP contribution in [0.25, 0.3) is 11.1 Å². The van der Waals surface area contributed by atoms with E-state index in [0.29, 0.717) is 10.6 Å². The van der Waals surface area contributed by atoms with Crippen LogP contribution in [-0.2, 0) is 10.0 Å². The van der Waals surface area contributed by atoms with Gasteiger partial charge in [-0.15, -0.1) is 0 Å². The quantitative estimate of drug-likeness (QED) is 0.568. The van der Waals surface area contributed by atoms with Gasteiger partial charge in [0.1, 0.15) is 0 Å². The Morgan fingerprint density at radius 1 is 1.06 bits per heavy atom. The van der Waals surface area contributed by atoms with Crippen LogP contribution < -0.4 is 16.0 Å². The van der Waals surface area contributed by atoms with E-state index >= 15 is 0 Å². The summed E-state index contributed by atoms with van der Waals surface area (Å²) in [6.07, 6.45) is 0. The predicted octanol–water partition coefficient (Wildman–Crippen LogP) is 1.75. The molecule has 1 heterocycles. The summed E-state index contributed by atoms with van der Waals surface area (Å²) in [7, 11) is -3.34. The number of sulfonamides is 1. The van der Waals surface area contributed by atoms with Crippen molar-refractivity contribution in [2.24, 2.45) is 5.84 Å². The first-order valence-electron chi connectivity index (χ1n) is 5.34. The Hall–Kier alpha value is -2.05. The number of nitrogens with one attached hydrogen (secondary N) is 2.